The number of carbonyl (C=O) groups excluding carboxylic acids is 1. The zero-order valence-corrected chi connectivity index (χ0v) is 7.80. The molecule has 4 heteroatoms. The third-order valence-electron chi connectivity index (χ3n) is 1.47. The average Bonchev–Trinajstić information content (AvgIpc) is 2.03. The maximum Gasteiger partial charge on any atom is 0.236 e. The van der Waals surface area contributed by atoms with Crippen molar-refractivity contribution in [3.8, 4) is 0 Å². The molecule has 12 heavy (non-hydrogen) atoms. The normalized spacial score (nSPS) is 10.3. The molecule has 0 heterocycles. The van der Waals surface area contributed by atoms with Crippen LogP contribution in [-0.4, -0.2) is 19.1 Å². The minimum absolute atomic E-state index is 0.181. The Morgan fingerprint density at radius 3 is 2.67 bits per heavy atom. The Balaban J connectivity index is 3.05. The maximum absolute atomic E-state index is 10.6. The Morgan fingerprint density at radius 2 is 2.17 bits per heavy atom. The summed E-state index contributed by atoms with van der Waals surface area (Å²) in [5, 5.41) is 0. The molecule has 72 valence electrons. The van der Waals surface area contributed by atoms with Crippen LogP contribution in [0.5, 0.6) is 0 Å². The molecule has 0 aromatic carbocycles. The second kappa shape index (κ2) is 7.06. The standard InChI is InChI=1S/C8H18N2O2/c1-7(2)3-5-12-6-4-8(11)10-9/h7H,3-6,9H2,1-2H3,(H,10,11). The summed E-state index contributed by atoms with van der Waals surface area (Å²) in [6.07, 6.45) is 1.37. The predicted molar refractivity (Wildman–Crippen MR) is 47.2 cm³/mol. The highest BCUT2D eigenvalue weighted by Gasteiger charge is 1.98. The second-order valence-corrected chi connectivity index (χ2v) is 3.11. The van der Waals surface area contributed by atoms with Crippen LogP contribution in [0, 0.1) is 5.92 Å². The van der Waals surface area contributed by atoms with Crippen molar-refractivity contribution in [1.82, 2.24) is 5.43 Å². The van der Waals surface area contributed by atoms with Gasteiger partial charge in [-0.25, -0.2) is 5.84 Å². The van der Waals surface area contributed by atoms with E-state index >= 15 is 0 Å². The molecule has 1 amide bonds. The lowest BCUT2D eigenvalue weighted by Gasteiger charge is -2.05. The van der Waals surface area contributed by atoms with Gasteiger partial charge in [-0.2, -0.15) is 0 Å². The van der Waals surface area contributed by atoms with E-state index < -0.39 is 0 Å². The predicted octanol–water partition coefficient (Wildman–Crippen LogP) is 0.429. The number of hydrogen-bond donors (Lipinski definition) is 2. The Labute approximate surface area is 73.4 Å². The summed E-state index contributed by atoms with van der Waals surface area (Å²) >= 11 is 0. The van der Waals surface area contributed by atoms with E-state index in [2.05, 4.69) is 13.8 Å². The third-order valence-corrected chi connectivity index (χ3v) is 1.47. The van der Waals surface area contributed by atoms with Crippen LogP contribution in [0.4, 0.5) is 0 Å². The number of amides is 1. The summed E-state index contributed by atoms with van der Waals surface area (Å²) in [7, 11) is 0. The van der Waals surface area contributed by atoms with Gasteiger partial charge >= 0.3 is 0 Å². The van der Waals surface area contributed by atoms with E-state index in [1.165, 1.54) is 0 Å². The molecule has 0 aliphatic carbocycles. The Bertz CT molecular complexity index is 126. The van der Waals surface area contributed by atoms with Crippen molar-refractivity contribution in [2.45, 2.75) is 26.7 Å². The van der Waals surface area contributed by atoms with Crippen LogP contribution in [0.1, 0.15) is 26.7 Å². The molecule has 0 rings (SSSR count). The molecule has 0 saturated heterocycles. The van der Waals surface area contributed by atoms with Crippen LogP contribution >= 0.6 is 0 Å². The van der Waals surface area contributed by atoms with Gasteiger partial charge in [0.25, 0.3) is 0 Å². The number of nitrogens with one attached hydrogen (secondary N) is 1. The van der Waals surface area contributed by atoms with Crippen LogP contribution < -0.4 is 11.3 Å². The van der Waals surface area contributed by atoms with Crippen LogP contribution in [-0.2, 0) is 9.53 Å². The van der Waals surface area contributed by atoms with E-state index in [-0.39, 0.29) is 5.91 Å². The maximum atomic E-state index is 10.6. The molecule has 0 atom stereocenters. The van der Waals surface area contributed by atoms with Gasteiger partial charge in [0.2, 0.25) is 5.91 Å². The fraction of sp³-hybridized carbons (Fsp3) is 0.875. The second-order valence-electron chi connectivity index (χ2n) is 3.11. The van der Waals surface area contributed by atoms with Crippen LogP contribution in [0.25, 0.3) is 0 Å². The van der Waals surface area contributed by atoms with Crippen molar-refractivity contribution in [3.05, 3.63) is 0 Å². The van der Waals surface area contributed by atoms with Crippen molar-refractivity contribution in [1.29, 1.82) is 0 Å². The highest BCUT2D eigenvalue weighted by molar-refractivity contribution is 5.75. The molecular formula is C8H18N2O2. The van der Waals surface area contributed by atoms with Crippen LogP contribution in [0.2, 0.25) is 0 Å². The van der Waals surface area contributed by atoms with Gasteiger partial charge in [-0.05, 0) is 12.3 Å². The first kappa shape index (κ1) is 11.4. The molecule has 0 radical (unpaired) electrons. The SMILES string of the molecule is CC(C)CCOCCC(=O)NN. The average molecular weight is 174 g/mol. The molecule has 0 aromatic rings. The van der Waals surface area contributed by atoms with E-state index in [1.807, 2.05) is 5.43 Å². The number of nitrogens with two attached hydrogens (primary N) is 1. The molecule has 0 aromatic heterocycles. The molecule has 0 spiro atoms. The molecule has 0 aliphatic heterocycles. The summed E-state index contributed by atoms with van der Waals surface area (Å²) in [4.78, 5) is 10.6. The highest BCUT2D eigenvalue weighted by Crippen LogP contribution is 1.98. The van der Waals surface area contributed by atoms with Crippen molar-refractivity contribution in [2.75, 3.05) is 13.2 Å². The van der Waals surface area contributed by atoms with Crippen LogP contribution in [0.15, 0.2) is 0 Å². The zero-order chi connectivity index (χ0) is 9.40. The van der Waals surface area contributed by atoms with Gasteiger partial charge in [0, 0.05) is 6.61 Å². The number of hydrazine groups is 1. The quantitative estimate of drug-likeness (QED) is 0.265. The molecule has 0 saturated carbocycles. The summed E-state index contributed by atoms with van der Waals surface area (Å²) in [6.45, 7) is 5.44. The summed E-state index contributed by atoms with van der Waals surface area (Å²) < 4.78 is 5.20. The van der Waals surface area contributed by atoms with E-state index in [9.17, 15) is 4.79 Å². The molecular weight excluding hydrogens is 156 g/mol. The van der Waals surface area contributed by atoms with Crippen molar-refractivity contribution >= 4 is 5.91 Å². The van der Waals surface area contributed by atoms with E-state index in [4.69, 9.17) is 10.6 Å². The minimum atomic E-state index is -0.181. The van der Waals surface area contributed by atoms with Gasteiger partial charge in [-0.15, -0.1) is 0 Å². The van der Waals surface area contributed by atoms with Gasteiger partial charge in [0.1, 0.15) is 0 Å². The molecule has 3 N–H and O–H groups in total. The summed E-state index contributed by atoms with van der Waals surface area (Å²) in [6, 6.07) is 0. The number of ether oxygens (including phenoxy) is 1. The Morgan fingerprint density at radius 1 is 1.50 bits per heavy atom. The Kier molecular flexibility index (Phi) is 6.70. The first-order valence-corrected chi connectivity index (χ1v) is 4.24. The molecule has 0 unspecified atom stereocenters. The van der Waals surface area contributed by atoms with Gasteiger partial charge in [0.15, 0.2) is 0 Å². The van der Waals surface area contributed by atoms with Gasteiger partial charge in [0.05, 0.1) is 13.0 Å². The van der Waals surface area contributed by atoms with E-state index in [1.54, 1.807) is 0 Å². The molecule has 0 bridgehead atoms. The number of rotatable bonds is 6. The largest absolute Gasteiger partial charge is 0.381 e. The number of hydrogen-bond acceptors (Lipinski definition) is 3. The molecule has 0 fully saturated rings. The smallest absolute Gasteiger partial charge is 0.236 e. The zero-order valence-electron chi connectivity index (χ0n) is 7.80. The fourth-order valence-corrected chi connectivity index (χ4v) is 0.658. The monoisotopic (exact) mass is 174 g/mol. The summed E-state index contributed by atoms with van der Waals surface area (Å²) in [5.41, 5.74) is 2.05. The highest BCUT2D eigenvalue weighted by atomic mass is 16.5. The van der Waals surface area contributed by atoms with Crippen LogP contribution in [0.3, 0.4) is 0 Å². The lowest BCUT2D eigenvalue weighted by Crippen LogP contribution is -2.30. The number of carbonyl (C=O) groups is 1. The fourth-order valence-electron chi connectivity index (χ4n) is 0.658. The van der Waals surface area contributed by atoms with E-state index in [0.717, 1.165) is 13.0 Å². The Hall–Kier alpha value is -0.610. The lowest BCUT2D eigenvalue weighted by atomic mass is 10.1. The van der Waals surface area contributed by atoms with Crippen molar-refractivity contribution in [2.24, 2.45) is 11.8 Å². The van der Waals surface area contributed by atoms with E-state index in [0.29, 0.717) is 18.9 Å². The van der Waals surface area contributed by atoms with Gasteiger partial charge in [-0.3, -0.25) is 10.2 Å². The topological polar surface area (TPSA) is 64.3 Å². The minimum Gasteiger partial charge on any atom is -0.381 e. The molecule has 4 nitrogen and oxygen atoms in total. The van der Waals surface area contributed by atoms with Gasteiger partial charge < -0.3 is 4.74 Å². The van der Waals surface area contributed by atoms with Crippen molar-refractivity contribution < 1.29 is 9.53 Å². The summed E-state index contributed by atoms with van der Waals surface area (Å²) in [5.74, 6) is 5.35. The molecule has 0 aliphatic rings. The van der Waals surface area contributed by atoms with Gasteiger partial charge in [-0.1, -0.05) is 13.8 Å². The first-order chi connectivity index (χ1) is 5.66. The third kappa shape index (κ3) is 7.50. The lowest BCUT2D eigenvalue weighted by molar-refractivity contribution is -0.122. The van der Waals surface area contributed by atoms with Crippen molar-refractivity contribution in [3.63, 3.8) is 0 Å². The first-order valence-electron chi connectivity index (χ1n) is 4.24.